The zero-order valence-corrected chi connectivity index (χ0v) is 12.3. The van der Waals surface area contributed by atoms with E-state index < -0.39 is 10.0 Å². The molecule has 6 heteroatoms. The number of nitrogens with two attached hydrogens (primary N) is 1. The molecule has 1 aliphatic rings. The van der Waals surface area contributed by atoms with Crippen LogP contribution in [0.15, 0.2) is 24.3 Å². The number of benzene rings is 1. The van der Waals surface area contributed by atoms with Crippen LogP contribution in [0, 0.1) is 5.92 Å². The van der Waals surface area contributed by atoms with Crippen LogP contribution in [0.25, 0.3) is 0 Å². The van der Waals surface area contributed by atoms with Gasteiger partial charge in [-0.05, 0) is 42.9 Å². The first kappa shape index (κ1) is 15.3. The molecule has 0 saturated heterocycles. The van der Waals surface area contributed by atoms with Crippen LogP contribution < -0.4 is 10.5 Å². The third kappa shape index (κ3) is 4.77. The van der Waals surface area contributed by atoms with E-state index in [0.717, 1.165) is 19.3 Å². The monoisotopic (exact) mass is 298 g/mol. The van der Waals surface area contributed by atoms with E-state index in [-0.39, 0.29) is 17.8 Å². The minimum absolute atomic E-state index is 0.0622. The number of nitrogens with one attached hydrogen (secondary N) is 1. The smallest absolute Gasteiger partial charge is 0.215 e. The van der Waals surface area contributed by atoms with Crippen LogP contribution in [0.1, 0.15) is 31.2 Å². The van der Waals surface area contributed by atoms with Gasteiger partial charge in [-0.15, -0.1) is 0 Å². The SMILES string of the molecule is Nc1cccc(CS(=O)(=O)NCC2CCCC(O)C2)c1. The van der Waals surface area contributed by atoms with Gasteiger partial charge in [0.2, 0.25) is 10.0 Å². The van der Waals surface area contributed by atoms with Gasteiger partial charge < -0.3 is 10.8 Å². The molecule has 2 unspecified atom stereocenters. The lowest BCUT2D eigenvalue weighted by Gasteiger charge is -2.25. The minimum Gasteiger partial charge on any atom is -0.399 e. The minimum atomic E-state index is -3.36. The lowest BCUT2D eigenvalue weighted by molar-refractivity contribution is 0.102. The van der Waals surface area contributed by atoms with Crippen molar-refractivity contribution < 1.29 is 13.5 Å². The van der Waals surface area contributed by atoms with Gasteiger partial charge in [0.05, 0.1) is 11.9 Å². The first-order valence-corrected chi connectivity index (χ1v) is 8.59. The number of anilines is 1. The van der Waals surface area contributed by atoms with Gasteiger partial charge in [-0.3, -0.25) is 0 Å². The summed E-state index contributed by atoms with van der Waals surface area (Å²) in [5.74, 6) is 0.169. The van der Waals surface area contributed by atoms with Crippen LogP contribution in [0.2, 0.25) is 0 Å². The highest BCUT2D eigenvalue weighted by atomic mass is 32.2. The summed E-state index contributed by atoms with van der Waals surface area (Å²) in [6, 6.07) is 6.90. The molecule has 20 heavy (non-hydrogen) atoms. The molecule has 0 bridgehead atoms. The number of rotatable bonds is 5. The van der Waals surface area contributed by atoms with Crippen molar-refractivity contribution in [3.8, 4) is 0 Å². The van der Waals surface area contributed by atoms with Gasteiger partial charge in [0.15, 0.2) is 0 Å². The van der Waals surface area contributed by atoms with Crippen molar-refractivity contribution in [3.63, 3.8) is 0 Å². The van der Waals surface area contributed by atoms with E-state index >= 15 is 0 Å². The predicted molar refractivity (Wildman–Crippen MR) is 79.4 cm³/mol. The van der Waals surface area contributed by atoms with Crippen LogP contribution in [0.3, 0.4) is 0 Å². The summed E-state index contributed by atoms with van der Waals surface area (Å²) in [7, 11) is -3.36. The fraction of sp³-hybridized carbons (Fsp3) is 0.571. The van der Waals surface area contributed by atoms with Crippen molar-refractivity contribution in [2.24, 2.45) is 5.92 Å². The van der Waals surface area contributed by atoms with Crippen molar-refractivity contribution >= 4 is 15.7 Å². The molecule has 0 radical (unpaired) electrons. The van der Waals surface area contributed by atoms with Crippen molar-refractivity contribution in [2.75, 3.05) is 12.3 Å². The predicted octanol–water partition coefficient (Wildman–Crippen LogP) is 1.24. The van der Waals surface area contributed by atoms with Crippen LogP contribution in [0.5, 0.6) is 0 Å². The van der Waals surface area contributed by atoms with Crippen LogP contribution >= 0.6 is 0 Å². The van der Waals surface area contributed by atoms with E-state index in [9.17, 15) is 13.5 Å². The quantitative estimate of drug-likeness (QED) is 0.713. The van der Waals surface area contributed by atoms with Crippen molar-refractivity contribution in [1.29, 1.82) is 0 Å². The largest absolute Gasteiger partial charge is 0.399 e. The number of sulfonamides is 1. The zero-order valence-electron chi connectivity index (χ0n) is 11.5. The van der Waals surface area contributed by atoms with E-state index in [4.69, 9.17) is 5.73 Å². The van der Waals surface area contributed by atoms with Gasteiger partial charge in [-0.2, -0.15) is 0 Å². The molecule has 2 atom stereocenters. The highest BCUT2D eigenvalue weighted by Gasteiger charge is 2.22. The fourth-order valence-corrected chi connectivity index (χ4v) is 3.86. The first-order chi connectivity index (χ1) is 9.44. The molecular weight excluding hydrogens is 276 g/mol. The number of hydrogen-bond donors (Lipinski definition) is 3. The molecule has 1 fully saturated rings. The average molecular weight is 298 g/mol. The standard InChI is InChI=1S/C14H22N2O3S/c15-13-5-1-4-12(7-13)10-20(18,19)16-9-11-3-2-6-14(17)8-11/h1,4-5,7,11,14,16-17H,2-3,6,8-10,15H2. The summed E-state index contributed by atoms with van der Waals surface area (Å²) in [6.45, 7) is 0.404. The number of aliphatic hydroxyl groups excluding tert-OH is 1. The average Bonchev–Trinajstić information content (AvgIpc) is 2.36. The van der Waals surface area contributed by atoms with E-state index in [2.05, 4.69) is 4.72 Å². The van der Waals surface area contributed by atoms with Gasteiger partial charge in [0.1, 0.15) is 0 Å². The van der Waals surface area contributed by atoms with E-state index in [1.165, 1.54) is 0 Å². The Morgan fingerprint density at radius 3 is 2.85 bits per heavy atom. The molecule has 0 heterocycles. The van der Waals surface area contributed by atoms with Crippen LogP contribution in [-0.4, -0.2) is 26.2 Å². The van der Waals surface area contributed by atoms with Gasteiger partial charge in [0.25, 0.3) is 0 Å². The highest BCUT2D eigenvalue weighted by Crippen LogP contribution is 2.23. The molecule has 0 aliphatic heterocycles. The van der Waals surface area contributed by atoms with Gasteiger partial charge >= 0.3 is 0 Å². The van der Waals surface area contributed by atoms with Gasteiger partial charge in [0, 0.05) is 12.2 Å². The topological polar surface area (TPSA) is 92.4 Å². The van der Waals surface area contributed by atoms with E-state index in [1.807, 2.05) is 0 Å². The molecule has 5 nitrogen and oxygen atoms in total. The Labute approximate surface area is 120 Å². The second kappa shape index (κ2) is 6.56. The number of aliphatic hydroxyl groups is 1. The Hall–Kier alpha value is -1.11. The van der Waals surface area contributed by atoms with Gasteiger partial charge in [-0.25, -0.2) is 13.1 Å². The van der Waals surface area contributed by atoms with E-state index in [1.54, 1.807) is 24.3 Å². The Morgan fingerprint density at radius 1 is 1.35 bits per heavy atom. The van der Waals surface area contributed by atoms with Gasteiger partial charge in [-0.1, -0.05) is 18.6 Å². The molecule has 112 valence electrons. The summed E-state index contributed by atoms with van der Waals surface area (Å²) < 4.78 is 26.7. The summed E-state index contributed by atoms with van der Waals surface area (Å²) in [6.07, 6.45) is 3.15. The second-order valence-corrected chi connectivity index (χ2v) is 7.35. The van der Waals surface area contributed by atoms with E-state index in [0.29, 0.717) is 24.2 Å². The molecular formula is C14H22N2O3S. The molecule has 2 rings (SSSR count). The Balaban J connectivity index is 1.87. The Bertz CT molecular complexity index is 545. The maximum atomic E-state index is 12.0. The molecule has 1 aromatic rings. The van der Waals surface area contributed by atoms with Crippen LogP contribution in [-0.2, 0) is 15.8 Å². The van der Waals surface area contributed by atoms with Crippen molar-refractivity contribution in [3.05, 3.63) is 29.8 Å². The van der Waals surface area contributed by atoms with Crippen LogP contribution in [0.4, 0.5) is 5.69 Å². The molecule has 0 aromatic heterocycles. The Kier molecular flexibility index (Phi) is 5.01. The maximum Gasteiger partial charge on any atom is 0.215 e. The summed E-state index contributed by atoms with van der Waals surface area (Å²) in [5, 5.41) is 9.58. The molecule has 1 aromatic carbocycles. The third-order valence-corrected chi connectivity index (χ3v) is 4.97. The normalized spacial score (nSPS) is 23.6. The molecule has 1 aliphatic carbocycles. The summed E-state index contributed by atoms with van der Waals surface area (Å²) in [4.78, 5) is 0. The maximum absolute atomic E-state index is 12.0. The number of hydrogen-bond acceptors (Lipinski definition) is 4. The fourth-order valence-electron chi connectivity index (χ4n) is 2.65. The first-order valence-electron chi connectivity index (χ1n) is 6.94. The summed E-state index contributed by atoms with van der Waals surface area (Å²) >= 11 is 0. The molecule has 0 amide bonds. The zero-order chi connectivity index (χ0) is 14.6. The molecule has 0 spiro atoms. The van der Waals surface area contributed by atoms with Crippen molar-refractivity contribution in [1.82, 2.24) is 4.72 Å². The second-order valence-electron chi connectivity index (χ2n) is 5.54. The molecule has 4 N–H and O–H groups in total. The Morgan fingerprint density at radius 2 is 2.15 bits per heavy atom. The third-order valence-electron chi connectivity index (χ3n) is 3.65. The molecule has 1 saturated carbocycles. The lowest BCUT2D eigenvalue weighted by atomic mass is 9.87. The van der Waals surface area contributed by atoms with Crippen molar-refractivity contribution in [2.45, 2.75) is 37.5 Å². The number of nitrogen functional groups attached to an aromatic ring is 1. The summed E-state index contributed by atoms with van der Waals surface area (Å²) in [5.41, 5.74) is 6.89. The highest BCUT2D eigenvalue weighted by molar-refractivity contribution is 7.88. The lowest BCUT2D eigenvalue weighted by Crippen LogP contribution is -2.33.